The van der Waals surface area contributed by atoms with Gasteiger partial charge < -0.3 is 20.2 Å². The molecule has 7 nitrogen and oxygen atoms in total. The van der Waals surface area contributed by atoms with Gasteiger partial charge in [0.2, 0.25) is 5.91 Å². The minimum atomic E-state index is -0.878. The van der Waals surface area contributed by atoms with Crippen LogP contribution < -0.4 is 10.2 Å². The topological polar surface area (TPSA) is 89.9 Å². The molecular weight excluding hydrogens is 334 g/mol. The molecule has 0 aromatic heterocycles. The minimum absolute atomic E-state index is 0.129. The molecule has 2 atom stereocenters. The molecule has 2 aliphatic heterocycles. The van der Waals surface area contributed by atoms with Crippen LogP contribution in [-0.4, -0.2) is 47.5 Å². The zero-order valence-corrected chi connectivity index (χ0v) is 15.2. The van der Waals surface area contributed by atoms with Gasteiger partial charge in [-0.3, -0.25) is 9.59 Å². The zero-order valence-electron chi connectivity index (χ0n) is 15.2. The first-order valence-electron chi connectivity index (χ1n) is 8.99. The normalized spacial score (nSPS) is 24.0. The van der Waals surface area contributed by atoms with E-state index in [4.69, 9.17) is 0 Å². The molecule has 2 unspecified atom stereocenters. The SMILES string of the molecule is CC(NC(=O)N1CCC(C)(C(=O)O)C1)c1cccc(N2CCCC2=O)c1. The molecule has 1 aromatic carbocycles. The molecular formula is C19H25N3O4. The van der Waals surface area contributed by atoms with Crippen LogP contribution in [0.3, 0.4) is 0 Å². The van der Waals surface area contributed by atoms with Crippen molar-refractivity contribution in [2.24, 2.45) is 5.41 Å². The molecule has 2 fully saturated rings. The Balaban J connectivity index is 1.65. The van der Waals surface area contributed by atoms with E-state index in [1.54, 1.807) is 16.7 Å². The van der Waals surface area contributed by atoms with E-state index in [2.05, 4.69) is 5.32 Å². The maximum absolute atomic E-state index is 12.5. The highest BCUT2D eigenvalue weighted by Gasteiger charge is 2.42. The molecule has 0 bridgehead atoms. The number of hydrogen-bond donors (Lipinski definition) is 2. The van der Waals surface area contributed by atoms with Crippen molar-refractivity contribution in [2.75, 3.05) is 24.5 Å². The first kappa shape index (κ1) is 18.2. The number of carbonyl (C=O) groups excluding carboxylic acids is 2. The second kappa shape index (κ2) is 6.97. The first-order valence-corrected chi connectivity index (χ1v) is 8.99. The number of anilines is 1. The molecule has 2 saturated heterocycles. The summed E-state index contributed by atoms with van der Waals surface area (Å²) < 4.78 is 0. The number of likely N-dealkylation sites (tertiary alicyclic amines) is 1. The molecule has 26 heavy (non-hydrogen) atoms. The van der Waals surface area contributed by atoms with Gasteiger partial charge in [0.1, 0.15) is 0 Å². The van der Waals surface area contributed by atoms with Crippen LogP contribution in [0.4, 0.5) is 10.5 Å². The Kier molecular flexibility index (Phi) is 4.89. The fraction of sp³-hybridized carbons (Fsp3) is 0.526. The van der Waals surface area contributed by atoms with Crippen molar-refractivity contribution in [1.29, 1.82) is 0 Å². The lowest BCUT2D eigenvalue weighted by Gasteiger charge is -2.24. The van der Waals surface area contributed by atoms with Crippen molar-refractivity contribution >= 4 is 23.6 Å². The number of amides is 3. The number of carboxylic acids is 1. The summed E-state index contributed by atoms with van der Waals surface area (Å²) in [6, 6.07) is 7.14. The van der Waals surface area contributed by atoms with Crippen LogP contribution in [0.2, 0.25) is 0 Å². The molecule has 2 heterocycles. The summed E-state index contributed by atoms with van der Waals surface area (Å²) in [6.45, 7) is 4.93. The lowest BCUT2D eigenvalue weighted by Crippen LogP contribution is -2.41. The number of hydrogen-bond acceptors (Lipinski definition) is 3. The summed E-state index contributed by atoms with van der Waals surface area (Å²) in [7, 11) is 0. The standard InChI is InChI=1S/C19H25N3O4/c1-13(20-18(26)21-10-8-19(2,12-21)17(24)25)14-5-3-6-15(11-14)22-9-4-7-16(22)23/h3,5-6,11,13H,4,7-10,12H2,1-2H3,(H,20,26)(H,24,25). The molecule has 0 aliphatic carbocycles. The average Bonchev–Trinajstić information content (AvgIpc) is 3.22. The second-order valence-corrected chi connectivity index (χ2v) is 7.45. The van der Waals surface area contributed by atoms with E-state index in [1.165, 1.54) is 0 Å². The van der Waals surface area contributed by atoms with E-state index in [0.717, 1.165) is 24.2 Å². The molecule has 2 aliphatic rings. The molecule has 7 heteroatoms. The van der Waals surface area contributed by atoms with Gasteiger partial charge in [-0.2, -0.15) is 0 Å². The Morgan fingerprint density at radius 3 is 2.69 bits per heavy atom. The monoisotopic (exact) mass is 359 g/mol. The quantitative estimate of drug-likeness (QED) is 0.864. The Bertz CT molecular complexity index is 735. The van der Waals surface area contributed by atoms with Gasteiger partial charge in [0, 0.05) is 31.7 Å². The van der Waals surface area contributed by atoms with Crippen molar-refractivity contribution in [1.82, 2.24) is 10.2 Å². The summed E-state index contributed by atoms with van der Waals surface area (Å²) in [5, 5.41) is 12.2. The Hall–Kier alpha value is -2.57. The van der Waals surface area contributed by atoms with Crippen LogP contribution in [-0.2, 0) is 9.59 Å². The third kappa shape index (κ3) is 3.52. The average molecular weight is 359 g/mol. The molecule has 3 rings (SSSR count). The van der Waals surface area contributed by atoms with Crippen molar-refractivity contribution < 1.29 is 19.5 Å². The van der Waals surface area contributed by atoms with E-state index in [-0.39, 0.29) is 24.5 Å². The summed E-state index contributed by atoms with van der Waals surface area (Å²) in [4.78, 5) is 39.1. The number of aliphatic carboxylic acids is 1. The largest absolute Gasteiger partial charge is 0.481 e. The van der Waals surface area contributed by atoms with E-state index < -0.39 is 11.4 Å². The number of carbonyl (C=O) groups is 3. The van der Waals surface area contributed by atoms with Crippen molar-refractivity contribution in [3.05, 3.63) is 29.8 Å². The molecule has 1 aromatic rings. The van der Waals surface area contributed by atoms with E-state index in [0.29, 0.717) is 19.4 Å². The lowest BCUT2D eigenvalue weighted by atomic mass is 9.90. The number of benzene rings is 1. The summed E-state index contributed by atoms with van der Waals surface area (Å²) >= 11 is 0. The summed E-state index contributed by atoms with van der Waals surface area (Å²) in [5.41, 5.74) is 0.887. The smallest absolute Gasteiger partial charge is 0.317 e. The van der Waals surface area contributed by atoms with E-state index in [9.17, 15) is 19.5 Å². The number of urea groups is 1. The summed E-state index contributed by atoms with van der Waals surface area (Å²) in [5.74, 6) is -0.743. The lowest BCUT2D eigenvalue weighted by molar-refractivity contribution is -0.147. The van der Waals surface area contributed by atoms with Crippen LogP contribution in [0.1, 0.15) is 44.7 Å². The van der Waals surface area contributed by atoms with Gasteiger partial charge in [-0.25, -0.2) is 4.79 Å². The number of rotatable bonds is 4. The van der Waals surface area contributed by atoms with Crippen LogP contribution in [0.5, 0.6) is 0 Å². The fourth-order valence-electron chi connectivity index (χ4n) is 3.55. The van der Waals surface area contributed by atoms with Crippen LogP contribution in [0.25, 0.3) is 0 Å². The van der Waals surface area contributed by atoms with Gasteiger partial charge in [-0.05, 0) is 44.4 Å². The Morgan fingerprint density at radius 1 is 1.31 bits per heavy atom. The molecule has 3 amide bonds. The van der Waals surface area contributed by atoms with Crippen LogP contribution in [0.15, 0.2) is 24.3 Å². The molecule has 140 valence electrons. The van der Waals surface area contributed by atoms with Gasteiger partial charge in [0.05, 0.1) is 11.5 Å². The maximum Gasteiger partial charge on any atom is 0.317 e. The molecule has 2 N–H and O–H groups in total. The highest BCUT2D eigenvalue weighted by molar-refractivity contribution is 5.95. The first-order chi connectivity index (χ1) is 12.3. The van der Waals surface area contributed by atoms with Gasteiger partial charge in [-0.15, -0.1) is 0 Å². The number of carboxylic acid groups (broad SMARTS) is 1. The van der Waals surface area contributed by atoms with Crippen LogP contribution >= 0.6 is 0 Å². The maximum atomic E-state index is 12.5. The second-order valence-electron chi connectivity index (χ2n) is 7.45. The molecule has 0 radical (unpaired) electrons. The number of nitrogens with zero attached hydrogens (tertiary/aromatic N) is 2. The van der Waals surface area contributed by atoms with E-state index >= 15 is 0 Å². The van der Waals surface area contributed by atoms with Crippen molar-refractivity contribution in [2.45, 2.75) is 39.2 Å². The predicted molar refractivity (Wildman–Crippen MR) is 96.9 cm³/mol. The van der Waals surface area contributed by atoms with Gasteiger partial charge in [-0.1, -0.05) is 12.1 Å². The van der Waals surface area contributed by atoms with Gasteiger partial charge in [0.25, 0.3) is 0 Å². The van der Waals surface area contributed by atoms with Crippen LogP contribution in [0, 0.1) is 5.41 Å². The van der Waals surface area contributed by atoms with Gasteiger partial charge >= 0.3 is 12.0 Å². The highest BCUT2D eigenvalue weighted by Crippen LogP contribution is 2.30. The molecule has 0 spiro atoms. The zero-order chi connectivity index (χ0) is 18.9. The van der Waals surface area contributed by atoms with E-state index in [1.807, 2.05) is 31.2 Å². The third-order valence-corrected chi connectivity index (χ3v) is 5.37. The molecule has 0 saturated carbocycles. The number of nitrogens with one attached hydrogen (secondary N) is 1. The minimum Gasteiger partial charge on any atom is -0.481 e. The Morgan fingerprint density at radius 2 is 2.08 bits per heavy atom. The van der Waals surface area contributed by atoms with Crippen molar-refractivity contribution in [3.8, 4) is 0 Å². The Labute approximate surface area is 153 Å². The fourth-order valence-corrected chi connectivity index (χ4v) is 3.55. The van der Waals surface area contributed by atoms with Gasteiger partial charge in [0.15, 0.2) is 0 Å². The third-order valence-electron chi connectivity index (χ3n) is 5.37. The summed E-state index contributed by atoms with van der Waals surface area (Å²) in [6.07, 6.45) is 1.90. The predicted octanol–water partition coefficient (Wildman–Crippen LogP) is 2.38. The van der Waals surface area contributed by atoms with Crippen molar-refractivity contribution in [3.63, 3.8) is 0 Å². The highest BCUT2D eigenvalue weighted by atomic mass is 16.4.